The first-order valence-corrected chi connectivity index (χ1v) is 12.8. The number of alkyl halides is 8. The van der Waals surface area contributed by atoms with Gasteiger partial charge in [-0.15, -0.1) is 0 Å². The van der Waals surface area contributed by atoms with Gasteiger partial charge in [-0.05, 0) is 37.3 Å². The van der Waals surface area contributed by atoms with E-state index < -0.39 is 65.5 Å². The molecule has 0 radical (unpaired) electrons. The van der Waals surface area contributed by atoms with Gasteiger partial charge >= 0.3 is 18.3 Å². The molecule has 44 heavy (non-hydrogen) atoms. The van der Waals surface area contributed by atoms with Gasteiger partial charge in [-0.3, -0.25) is 14.6 Å². The van der Waals surface area contributed by atoms with Crippen molar-refractivity contribution in [1.82, 2.24) is 34.5 Å². The molecule has 11 nitrogen and oxygen atoms in total. The van der Waals surface area contributed by atoms with Gasteiger partial charge in [0.1, 0.15) is 28.9 Å². The zero-order chi connectivity index (χ0) is 31.8. The SMILES string of the molecule is NC(=O)c1nc(-c2cn3ncnc3c(CCC(F)(F)C(F)(F)F)n2)nc2c1C(c1ccc(C(F)(F)F)cn1)(C1CC1)C(=O)N2. The molecule has 0 spiro atoms. The molecule has 230 valence electrons. The monoisotopic (exact) mass is 627 g/mol. The van der Waals surface area contributed by atoms with Crippen LogP contribution in [0.1, 0.15) is 52.3 Å². The molecule has 1 fully saturated rings. The quantitative estimate of drug-likeness (QED) is 0.293. The van der Waals surface area contributed by atoms with Crippen molar-refractivity contribution in [2.45, 2.75) is 49.4 Å². The fraction of sp³-hybridized carbons (Fsp3) is 0.360. The van der Waals surface area contributed by atoms with Crippen molar-refractivity contribution in [1.29, 1.82) is 0 Å². The number of hydrogen-bond acceptors (Lipinski definition) is 8. The second kappa shape index (κ2) is 9.58. The van der Waals surface area contributed by atoms with E-state index in [1.807, 2.05) is 0 Å². The lowest BCUT2D eigenvalue weighted by Crippen LogP contribution is -2.40. The Hall–Kier alpha value is -4.84. The minimum atomic E-state index is -5.80. The lowest BCUT2D eigenvalue weighted by Gasteiger charge is -2.28. The number of carbonyl (C=O) groups is 2. The summed E-state index contributed by atoms with van der Waals surface area (Å²) in [5.41, 5.74) is 1.42. The maximum Gasteiger partial charge on any atom is 0.453 e. The normalized spacial score (nSPS) is 18.9. The number of carbonyl (C=O) groups excluding carboxylic acids is 2. The van der Waals surface area contributed by atoms with Crippen LogP contribution in [0, 0.1) is 5.92 Å². The Balaban J connectivity index is 1.48. The van der Waals surface area contributed by atoms with E-state index in [1.54, 1.807) is 0 Å². The average molecular weight is 627 g/mol. The summed E-state index contributed by atoms with van der Waals surface area (Å²) in [7, 11) is 0. The molecule has 4 aromatic rings. The molecule has 1 atom stereocenters. The van der Waals surface area contributed by atoms with Crippen LogP contribution in [-0.2, 0) is 22.8 Å². The van der Waals surface area contributed by atoms with Gasteiger partial charge in [0, 0.05) is 18.2 Å². The van der Waals surface area contributed by atoms with Crippen LogP contribution in [0.2, 0.25) is 0 Å². The highest BCUT2D eigenvalue weighted by atomic mass is 19.4. The number of fused-ring (bicyclic) bond motifs is 2. The molecule has 4 aromatic heterocycles. The maximum absolute atomic E-state index is 13.7. The van der Waals surface area contributed by atoms with Gasteiger partial charge in [0.15, 0.2) is 11.5 Å². The van der Waals surface area contributed by atoms with E-state index in [2.05, 4.69) is 35.3 Å². The highest BCUT2D eigenvalue weighted by Gasteiger charge is 2.61. The van der Waals surface area contributed by atoms with Crippen LogP contribution in [0.4, 0.5) is 40.9 Å². The van der Waals surface area contributed by atoms with E-state index in [4.69, 9.17) is 5.73 Å². The molecule has 5 heterocycles. The number of aromatic nitrogens is 7. The molecule has 3 N–H and O–H groups in total. The summed E-state index contributed by atoms with van der Waals surface area (Å²) in [4.78, 5) is 46.7. The number of nitrogens with one attached hydrogen (secondary N) is 1. The summed E-state index contributed by atoms with van der Waals surface area (Å²) in [5, 5.41) is 6.39. The fourth-order valence-electron chi connectivity index (χ4n) is 5.28. The lowest BCUT2D eigenvalue weighted by atomic mass is 9.73. The largest absolute Gasteiger partial charge is 0.453 e. The smallest absolute Gasteiger partial charge is 0.364 e. The van der Waals surface area contributed by atoms with Crippen molar-refractivity contribution >= 4 is 23.3 Å². The lowest BCUT2D eigenvalue weighted by molar-refractivity contribution is -0.284. The van der Waals surface area contributed by atoms with E-state index in [-0.39, 0.29) is 39.9 Å². The molecule has 2 amide bonds. The van der Waals surface area contributed by atoms with Gasteiger partial charge in [0.05, 0.1) is 23.1 Å². The van der Waals surface area contributed by atoms with Gasteiger partial charge in [-0.2, -0.15) is 40.2 Å². The third-order valence-corrected chi connectivity index (χ3v) is 7.46. The van der Waals surface area contributed by atoms with Gasteiger partial charge in [-0.1, -0.05) is 0 Å². The van der Waals surface area contributed by atoms with Crippen molar-refractivity contribution in [3.05, 3.63) is 59.1 Å². The number of hydrogen-bond donors (Lipinski definition) is 2. The standard InChI is InChI=1S/C25H17F8N9O2/c26-22(27,25(31,32)33)6-5-12-20-36-9-37-42(20)8-13(38-12)18-39-16(17(34)43)15-19(40-18)41-21(44)23(15,10-1-2-10)14-4-3-11(7-35-14)24(28,29)30/h3-4,7-10H,1-2,5-6H2,(H2,34,43)(H,39,40,41,44). The molecule has 1 aliphatic heterocycles. The molecule has 0 bridgehead atoms. The fourth-order valence-corrected chi connectivity index (χ4v) is 5.28. The highest BCUT2D eigenvalue weighted by Crippen LogP contribution is 2.56. The number of anilines is 1. The number of aryl methyl sites for hydroxylation is 1. The third kappa shape index (κ3) is 4.57. The van der Waals surface area contributed by atoms with E-state index in [1.165, 1.54) is 6.20 Å². The molecule has 1 saturated carbocycles. The zero-order valence-electron chi connectivity index (χ0n) is 21.8. The van der Waals surface area contributed by atoms with Crippen LogP contribution in [-0.4, -0.2) is 58.4 Å². The Morgan fingerprint density at radius 1 is 1.05 bits per heavy atom. The van der Waals surface area contributed by atoms with Gasteiger partial charge < -0.3 is 11.1 Å². The number of pyridine rings is 1. The van der Waals surface area contributed by atoms with E-state index in [9.17, 15) is 44.7 Å². The molecule has 0 aromatic carbocycles. The van der Waals surface area contributed by atoms with Gasteiger partial charge in [0.25, 0.3) is 5.91 Å². The van der Waals surface area contributed by atoms with E-state index >= 15 is 0 Å². The summed E-state index contributed by atoms with van der Waals surface area (Å²) >= 11 is 0. The van der Waals surface area contributed by atoms with Gasteiger partial charge in [0.2, 0.25) is 5.91 Å². The van der Waals surface area contributed by atoms with Crippen LogP contribution in [0.5, 0.6) is 0 Å². The second-order valence-electron chi connectivity index (χ2n) is 10.3. The van der Waals surface area contributed by atoms with Crippen molar-refractivity contribution in [2.75, 3.05) is 5.32 Å². The van der Waals surface area contributed by atoms with Crippen molar-refractivity contribution in [3.8, 4) is 11.5 Å². The van der Waals surface area contributed by atoms with E-state index in [0.717, 1.165) is 23.0 Å². The summed E-state index contributed by atoms with van der Waals surface area (Å²) in [6, 6.07) is 1.77. The number of rotatable bonds is 7. The molecule has 1 aliphatic carbocycles. The maximum atomic E-state index is 13.7. The number of primary amides is 1. The predicted molar refractivity (Wildman–Crippen MR) is 131 cm³/mol. The number of halogens is 8. The van der Waals surface area contributed by atoms with Crippen molar-refractivity contribution in [2.24, 2.45) is 11.7 Å². The molecule has 19 heteroatoms. The number of nitrogens with two attached hydrogens (primary N) is 1. The molecule has 6 rings (SSSR count). The first-order valence-electron chi connectivity index (χ1n) is 12.8. The predicted octanol–water partition coefficient (Wildman–Crippen LogP) is 3.87. The summed E-state index contributed by atoms with van der Waals surface area (Å²) in [6.07, 6.45) is -9.42. The molecule has 1 unspecified atom stereocenters. The number of amides is 2. The topological polar surface area (TPSA) is 154 Å². The Bertz CT molecular complexity index is 1820. The highest BCUT2D eigenvalue weighted by molar-refractivity contribution is 6.11. The minimum Gasteiger partial charge on any atom is -0.364 e. The minimum absolute atomic E-state index is 0.0989. The van der Waals surface area contributed by atoms with Crippen molar-refractivity contribution < 1.29 is 44.7 Å². The molecule has 2 aliphatic rings. The molecular formula is C25H17F8N9O2. The summed E-state index contributed by atoms with van der Waals surface area (Å²) in [6.45, 7) is 0. The Morgan fingerprint density at radius 3 is 2.36 bits per heavy atom. The first kappa shape index (κ1) is 29.2. The number of nitrogens with zero attached hydrogens (tertiary/aromatic N) is 7. The zero-order valence-corrected chi connectivity index (χ0v) is 21.8. The summed E-state index contributed by atoms with van der Waals surface area (Å²) < 4.78 is 106. The average Bonchev–Trinajstić information content (AvgIpc) is 3.59. The Kier molecular flexibility index (Phi) is 6.37. The Labute approximate surface area is 239 Å². The van der Waals surface area contributed by atoms with Crippen LogP contribution in [0.25, 0.3) is 17.2 Å². The van der Waals surface area contributed by atoms with Crippen molar-refractivity contribution in [3.63, 3.8) is 0 Å². The molecule has 0 saturated heterocycles. The molecular weight excluding hydrogens is 610 g/mol. The first-order chi connectivity index (χ1) is 20.5. The Morgan fingerprint density at radius 2 is 1.77 bits per heavy atom. The van der Waals surface area contributed by atoms with Crippen LogP contribution < -0.4 is 11.1 Å². The third-order valence-electron chi connectivity index (χ3n) is 7.46. The second-order valence-corrected chi connectivity index (χ2v) is 10.3. The summed E-state index contributed by atoms with van der Waals surface area (Å²) in [5.74, 6) is -8.03. The van der Waals surface area contributed by atoms with Crippen LogP contribution in [0.15, 0.2) is 30.9 Å². The van der Waals surface area contributed by atoms with Crippen LogP contribution in [0.3, 0.4) is 0 Å². The van der Waals surface area contributed by atoms with Gasteiger partial charge in [-0.25, -0.2) is 24.5 Å². The van der Waals surface area contributed by atoms with Crippen LogP contribution >= 0.6 is 0 Å². The van der Waals surface area contributed by atoms with E-state index in [0.29, 0.717) is 19.0 Å².